The number of aromatic nitrogens is 2. The quantitative estimate of drug-likeness (QED) is 0.401. The SMILES string of the molecule is COc1ccc(-c2cc(-c3ccccc3)nc(SCC(=O)Nc3ccon3)c2C#N)cc1. The van der Waals surface area contributed by atoms with Gasteiger partial charge in [0, 0.05) is 17.2 Å². The number of anilines is 1. The topological polar surface area (TPSA) is 101 Å². The Bertz CT molecular complexity index is 1250. The molecule has 0 radical (unpaired) electrons. The summed E-state index contributed by atoms with van der Waals surface area (Å²) < 4.78 is 9.97. The maximum atomic E-state index is 12.3. The van der Waals surface area contributed by atoms with Crippen LogP contribution in [0.1, 0.15) is 5.56 Å². The molecule has 0 fully saturated rings. The minimum atomic E-state index is -0.272. The second-order valence-corrected chi connectivity index (χ2v) is 7.63. The summed E-state index contributed by atoms with van der Waals surface area (Å²) in [5.74, 6) is 0.852. The normalized spacial score (nSPS) is 10.4. The fourth-order valence-electron chi connectivity index (χ4n) is 3.08. The van der Waals surface area contributed by atoms with E-state index in [0.29, 0.717) is 16.4 Å². The Morgan fingerprint density at radius 2 is 1.91 bits per heavy atom. The largest absolute Gasteiger partial charge is 0.497 e. The van der Waals surface area contributed by atoms with E-state index in [0.717, 1.165) is 28.1 Å². The van der Waals surface area contributed by atoms with Gasteiger partial charge >= 0.3 is 0 Å². The molecule has 0 saturated carbocycles. The minimum Gasteiger partial charge on any atom is -0.497 e. The van der Waals surface area contributed by atoms with Crippen LogP contribution < -0.4 is 10.1 Å². The smallest absolute Gasteiger partial charge is 0.236 e. The highest BCUT2D eigenvalue weighted by molar-refractivity contribution is 8.00. The van der Waals surface area contributed by atoms with Gasteiger partial charge in [0.15, 0.2) is 5.82 Å². The van der Waals surface area contributed by atoms with E-state index in [9.17, 15) is 10.1 Å². The zero-order chi connectivity index (χ0) is 22.3. The molecular weight excluding hydrogens is 424 g/mol. The van der Waals surface area contributed by atoms with Gasteiger partial charge in [-0.15, -0.1) is 0 Å². The minimum absolute atomic E-state index is 0.0643. The number of nitriles is 1. The highest BCUT2D eigenvalue weighted by Gasteiger charge is 2.17. The molecule has 7 nitrogen and oxygen atoms in total. The van der Waals surface area contributed by atoms with Crippen LogP contribution in [-0.2, 0) is 4.79 Å². The molecule has 0 aliphatic carbocycles. The average Bonchev–Trinajstić information content (AvgIpc) is 3.35. The summed E-state index contributed by atoms with van der Waals surface area (Å²) in [6.07, 6.45) is 1.38. The Kier molecular flexibility index (Phi) is 6.49. The predicted octanol–water partition coefficient (Wildman–Crippen LogP) is 5.01. The maximum Gasteiger partial charge on any atom is 0.236 e. The summed E-state index contributed by atoms with van der Waals surface area (Å²) in [6.45, 7) is 0. The van der Waals surface area contributed by atoms with Gasteiger partial charge in [-0.1, -0.05) is 59.4 Å². The van der Waals surface area contributed by atoms with Crippen molar-refractivity contribution in [1.82, 2.24) is 10.1 Å². The van der Waals surface area contributed by atoms with Gasteiger partial charge in [0.2, 0.25) is 5.91 Å². The number of hydrogen-bond donors (Lipinski definition) is 1. The number of hydrogen-bond acceptors (Lipinski definition) is 7. The van der Waals surface area contributed by atoms with Crippen LogP contribution in [0.5, 0.6) is 5.75 Å². The van der Waals surface area contributed by atoms with Crippen molar-refractivity contribution in [2.75, 3.05) is 18.2 Å². The van der Waals surface area contributed by atoms with Gasteiger partial charge in [-0.05, 0) is 23.8 Å². The van der Waals surface area contributed by atoms with Crippen LogP contribution in [0, 0.1) is 11.3 Å². The lowest BCUT2D eigenvalue weighted by Gasteiger charge is -2.13. The van der Waals surface area contributed by atoms with Gasteiger partial charge in [-0.25, -0.2) is 4.98 Å². The average molecular weight is 443 g/mol. The van der Waals surface area contributed by atoms with E-state index in [1.54, 1.807) is 13.2 Å². The predicted molar refractivity (Wildman–Crippen MR) is 122 cm³/mol. The third-order valence-corrected chi connectivity index (χ3v) is 5.59. The third kappa shape index (κ3) is 4.79. The first-order valence-corrected chi connectivity index (χ1v) is 10.6. The first-order chi connectivity index (χ1) is 15.7. The molecule has 2 heterocycles. The lowest BCUT2D eigenvalue weighted by molar-refractivity contribution is -0.113. The van der Waals surface area contributed by atoms with Crippen LogP contribution in [0.2, 0.25) is 0 Å². The molecule has 2 aromatic carbocycles. The van der Waals surface area contributed by atoms with Crippen LogP contribution in [0.25, 0.3) is 22.4 Å². The molecule has 8 heteroatoms. The van der Waals surface area contributed by atoms with E-state index >= 15 is 0 Å². The molecule has 4 rings (SSSR count). The van der Waals surface area contributed by atoms with E-state index < -0.39 is 0 Å². The van der Waals surface area contributed by atoms with Crippen molar-refractivity contribution < 1.29 is 14.1 Å². The van der Waals surface area contributed by atoms with Crippen molar-refractivity contribution in [1.29, 1.82) is 5.26 Å². The van der Waals surface area contributed by atoms with E-state index in [1.165, 1.54) is 18.0 Å². The Hall–Kier alpha value is -4.09. The number of benzene rings is 2. The first-order valence-electron chi connectivity index (χ1n) is 9.66. The number of rotatable bonds is 7. The van der Waals surface area contributed by atoms with E-state index in [2.05, 4.69) is 16.5 Å². The number of nitrogens with one attached hydrogen (secondary N) is 1. The second kappa shape index (κ2) is 9.81. The van der Waals surface area contributed by atoms with Gasteiger partial charge in [-0.3, -0.25) is 4.79 Å². The highest BCUT2D eigenvalue weighted by atomic mass is 32.2. The molecule has 0 unspecified atom stereocenters. The van der Waals surface area contributed by atoms with Gasteiger partial charge in [-0.2, -0.15) is 5.26 Å². The third-order valence-electron chi connectivity index (χ3n) is 4.61. The lowest BCUT2D eigenvalue weighted by Crippen LogP contribution is -2.14. The maximum absolute atomic E-state index is 12.3. The molecule has 0 bridgehead atoms. The molecule has 0 atom stereocenters. The number of methoxy groups -OCH3 is 1. The van der Waals surface area contributed by atoms with Crippen LogP contribution in [0.4, 0.5) is 5.82 Å². The fourth-order valence-corrected chi connectivity index (χ4v) is 3.88. The zero-order valence-corrected chi connectivity index (χ0v) is 17.9. The van der Waals surface area contributed by atoms with Gasteiger partial charge < -0.3 is 14.6 Å². The van der Waals surface area contributed by atoms with E-state index in [4.69, 9.17) is 14.2 Å². The van der Waals surface area contributed by atoms with Crippen molar-refractivity contribution in [2.45, 2.75) is 5.03 Å². The summed E-state index contributed by atoms with van der Waals surface area (Å²) in [5.41, 5.74) is 3.64. The Balaban J connectivity index is 1.71. The molecule has 4 aromatic rings. The van der Waals surface area contributed by atoms with Gasteiger partial charge in [0.05, 0.1) is 24.1 Å². The number of pyridine rings is 1. The molecule has 158 valence electrons. The van der Waals surface area contributed by atoms with Crippen molar-refractivity contribution in [3.05, 3.63) is 78.6 Å². The summed E-state index contributed by atoms with van der Waals surface area (Å²) in [7, 11) is 1.61. The number of ether oxygens (including phenoxy) is 1. The molecule has 1 amide bonds. The van der Waals surface area contributed by atoms with Crippen molar-refractivity contribution >= 4 is 23.5 Å². The van der Waals surface area contributed by atoms with Crippen molar-refractivity contribution in [3.8, 4) is 34.2 Å². The van der Waals surface area contributed by atoms with Crippen LogP contribution >= 0.6 is 11.8 Å². The Morgan fingerprint density at radius 3 is 2.56 bits per heavy atom. The summed E-state index contributed by atoms with van der Waals surface area (Å²) in [4.78, 5) is 17.0. The number of carbonyl (C=O) groups excluding carboxylic acids is 1. The summed E-state index contributed by atoms with van der Waals surface area (Å²) in [5, 5.41) is 16.7. The molecule has 0 saturated heterocycles. The van der Waals surface area contributed by atoms with Crippen molar-refractivity contribution in [2.24, 2.45) is 0 Å². The number of carbonyl (C=O) groups is 1. The molecule has 0 aliphatic heterocycles. The van der Waals surface area contributed by atoms with Gasteiger partial charge in [0.25, 0.3) is 0 Å². The van der Waals surface area contributed by atoms with Crippen molar-refractivity contribution in [3.63, 3.8) is 0 Å². The molecule has 2 aromatic heterocycles. The fraction of sp³-hybridized carbons (Fsp3) is 0.0833. The molecule has 32 heavy (non-hydrogen) atoms. The number of amides is 1. The lowest BCUT2D eigenvalue weighted by atomic mass is 9.99. The monoisotopic (exact) mass is 442 g/mol. The van der Waals surface area contributed by atoms with Crippen LogP contribution in [0.15, 0.2) is 82.5 Å². The Morgan fingerprint density at radius 1 is 1.12 bits per heavy atom. The number of nitrogens with zero attached hydrogens (tertiary/aromatic N) is 3. The summed E-state index contributed by atoms with van der Waals surface area (Å²) in [6, 6.07) is 22.9. The van der Waals surface area contributed by atoms with Crippen LogP contribution in [-0.4, -0.2) is 28.9 Å². The standard InChI is InChI=1S/C24H18N4O3S/c1-30-18-9-7-16(8-10-18)19-13-21(17-5-3-2-4-6-17)26-24(20(19)14-25)32-15-23(29)27-22-11-12-31-28-22/h2-13H,15H2,1H3,(H,27,28,29). The zero-order valence-electron chi connectivity index (χ0n) is 17.1. The molecular formula is C24H18N4O3S. The van der Waals surface area contributed by atoms with Crippen LogP contribution in [0.3, 0.4) is 0 Å². The van der Waals surface area contributed by atoms with E-state index in [1.807, 2.05) is 60.7 Å². The van der Waals surface area contributed by atoms with E-state index in [-0.39, 0.29) is 11.7 Å². The first kappa shape index (κ1) is 21.2. The molecule has 0 spiro atoms. The molecule has 0 aliphatic rings. The highest BCUT2D eigenvalue weighted by Crippen LogP contribution is 2.34. The summed E-state index contributed by atoms with van der Waals surface area (Å²) >= 11 is 1.20. The molecule has 1 N–H and O–H groups in total. The Labute approximate surface area is 189 Å². The van der Waals surface area contributed by atoms with Gasteiger partial charge in [0.1, 0.15) is 23.1 Å². The second-order valence-electron chi connectivity index (χ2n) is 6.66. The number of thioether (sulfide) groups is 1.